The van der Waals surface area contributed by atoms with Crippen molar-refractivity contribution in [1.29, 1.82) is 0 Å². The third-order valence-corrected chi connectivity index (χ3v) is 6.54. The molecule has 0 fully saturated rings. The molecule has 0 aromatic carbocycles. The Kier molecular flexibility index (Phi) is 27.8. The van der Waals surface area contributed by atoms with Gasteiger partial charge in [0.05, 0.1) is 19.6 Å². The number of carbonyl (C=O) groups is 2. The fraction of sp³-hybridized carbons (Fsp3) is 0.871. The molecule has 0 aliphatic heterocycles. The second-order valence-electron chi connectivity index (χ2n) is 10.1. The molecule has 0 saturated carbocycles. The fourth-order valence-electron chi connectivity index (χ4n) is 4.25. The molecule has 0 atom stereocenters. The van der Waals surface area contributed by atoms with Gasteiger partial charge in [-0.25, -0.2) is 4.79 Å². The minimum atomic E-state index is -0.366. The predicted molar refractivity (Wildman–Crippen MR) is 149 cm³/mol. The number of ether oxygens (including phenoxy) is 2. The van der Waals surface area contributed by atoms with Gasteiger partial charge in [-0.1, -0.05) is 148 Å². The van der Waals surface area contributed by atoms with Crippen LogP contribution in [0.2, 0.25) is 0 Å². The molecule has 0 aliphatic rings. The Morgan fingerprint density at radius 2 is 0.829 bits per heavy atom. The van der Waals surface area contributed by atoms with E-state index < -0.39 is 0 Å². The van der Waals surface area contributed by atoms with Crippen LogP contribution in [0.1, 0.15) is 162 Å². The minimum Gasteiger partial charge on any atom is -0.465 e. The number of carbonyl (C=O) groups excluding carboxylic acids is 2. The second kappa shape index (κ2) is 28.9. The summed E-state index contributed by atoms with van der Waals surface area (Å²) in [5.74, 6) is -0.637. The van der Waals surface area contributed by atoms with E-state index in [1.807, 2.05) is 0 Å². The van der Waals surface area contributed by atoms with Crippen LogP contribution in [0.25, 0.3) is 0 Å². The third-order valence-electron chi connectivity index (χ3n) is 6.54. The van der Waals surface area contributed by atoms with E-state index in [4.69, 9.17) is 9.47 Å². The zero-order valence-electron chi connectivity index (χ0n) is 23.5. The van der Waals surface area contributed by atoms with Gasteiger partial charge in [-0.05, 0) is 12.8 Å². The Hall–Kier alpha value is -1.32. The summed E-state index contributed by atoms with van der Waals surface area (Å²) in [5, 5.41) is 0. The van der Waals surface area contributed by atoms with E-state index in [2.05, 4.69) is 13.8 Å². The Morgan fingerprint density at radius 1 is 0.486 bits per heavy atom. The normalized spacial score (nSPS) is 11.3. The fourth-order valence-corrected chi connectivity index (χ4v) is 4.25. The number of hydrogen-bond acceptors (Lipinski definition) is 4. The van der Waals surface area contributed by atoms with Crippen molar-refractivity contribution in [1.82, 2.24) is 0 Å². The van der Waals surface area contributed by atoms with Gasteiger partial charge in [-0.15, -0.1) is 0 Å². The van der Waals surface area contributed by atoms with Crippen molar-refractivity contribution in [3.63, 3.8) is 0 Å². The lowest BCUT2D eigenvalue weighted by Gasteiger charge is -2.04. The molecule has 0 amide bonds. The zero-order valence-corrected chi connectivity index (χ0v) is 23.5. The van der Waals surface area contributed by atoms with Gasteiger partial charge in [0.15, 0.2) is 0 Å². The first-order valence-electron chi connectivity index (χ1n) is 15.2. The Balaban J connectivity index is 3.37. The van der Waals surface area contributed by atoms with Gasteiger partial charge >= 0.3 is 11.9 Å². The van der Waals surface area contributed by atoms with Gasteiger partial charge in [-0.2, -0.15) is 0 Å². The molecule has 206 valence electrons. The molecule has 0 radical (unpaired) electrons. The van der Waals surface area contributed by atoms with Crippen molar-refractivity contribution >= 4 is 11.9 Å². The first-order valence-corrected chi connectivity index (χ1v) is 15.2. The molecule has 0 N–H and O–H groups in total. The van der Waals surface area contributed by atoms with Crippen molar-refractivity contribution < 1.29 is 19.1 Å². The lowest BCUT2D eigenvalue weighted by molar-refractivity contribution is -0.142. The highest BCUT2D eigenvalue weighted by molar-refractivity contribution is 5.83. The SMILES string of the molecule is CCCCCCCCCCCCCOC(=O)/C=C\CC(=O)OCCCCCCCCCCCCC. The van der Waals surface area contributed by atoms with Crippen LogP contribution < -0.4 is 0 Å². The first-order chi connectivity index (χ1) is 17.2. The van der Waals surface area contributed by atoms with Gasteiger partial charge in [0.25, 0.3) is 0 Å². The molecule has 35 heavy (non-hydrogen) atoms. The lowest BCUT2D eigenvalue weighted by atomic mass is 10.1. The quantitative estimate of drug-likeness (QED) is 0.0648. The molecule has 0 aliphatic carbocycles. The molecule has 0 spiro atoms. The molecule has 4 nitrogen and oxygen atoms in total. The van der Waals surface area contributed by atoms with Crippen LogP contribution in [-0.2, 0) is 19.1 Å². The van der Waals surface area contributed by atoms with Crippen molar-refractivity contribution in [3.05, 3.63) is 12.2 Å². The van der Waals surface area contributed by atoms with Crippen LogP contribution in [0.5, 0.6) is 0 Å². The molecule has 0 aromatic rings. The number of esters is 2. The standard InChI is InChI=1S/C31H58O4/c1-3-5-7-9-11-13-15-17-19-21-23-28-34-30(32)26-25-27-31(33)35-29-24-22-20-18-16-14-12-10-8-6-4-2/h25-26H,3-24,27-29H2,1-2H3/b26-25-. The van der Waals surface area contributed by atoms with Crippen LogP contribution in [-0.4, -0.2) is 25.2 Å². The summed E-state index contributed by atoms with van der Waals surface area (Å²) in [4.78, 5) is 23.5. The van der Waals surface area contributed by atoms with E-state index in [0.717, 1.165) is 25.7 Å². The lowest BCUT2D eigenvalue weighted by Crippen LogP contribution is -2.06. The topological polar surface area (TPSA) is 52.6 Å². The summed E-state index contributed by atoms with van der Waals surface area (Å²) in [6.07, 6.45) is 31.1. The van der Waals surface area contributed by atoms with Crippen LogP contribution in [0.15, 0.2) is 12.2 Å². The summed E-state index contributed by atoms with van der Waals surface area (Å²) in [6, 6.07) is 0. The van der Waals surface area contributed by atoms with E-state index in [1.165, 1.54) is 122 Å². The minimum absolute atomic E-state index is 0.131. The van der Waals surface area contributed by atoms with Crippen LogP contribution in [0, 0.1) is 0 Å². The maximum absolute atomic E-state index is 11.8. The van der Waals surface area contributed by atoms with Gasteiger partial charge in [0, 0.05) is 6.08 Å². The first kappa shape index (κ1) is 33.7. The summed E-state index contributed by atoms with van der Waals surface area (Å²) in [7, 11) is 0. The van der Waals surface area contributed by atoms with E-state index >= 15 is 0 Å². The highest BCUT2D eigenvalue weighted by Gasteiger charge is 2.02. The molecule has 0 saturated heterocycles. The van der Waals surface area contributed by atoms with Crippen molar-refractivity contribution in [2.75, 3.05) is 13.2 Å². The van der Waals surface area contributed by atoms with Gasteiger partial charge < -0.3 is 9.47 Å². The highest BCUT2D eigenvalue weighted by Crippen LogP contribution is 2.12. The average Bonchev–Trinajstić information content (AvgIpc) is 2.85. The second-order valence-corrected chi connectivity index (χ2v) is 10.1. The summed E-state index contributed by atoms with van der Waals surface area (Å²) < 4.78 is 10.4. The van der Waals surface area contributed by atoms with Crippen molar-refractivity contribution in [2.45, 2.75) is 162 Å². The maximum Gasteiger partial charge on any atom is 0.330 e. The molecule has 4 heteroatoms. The number of unbranched alkanes of at least 4 members (excludes halogenated alkanes) is 20. The van der Waals surface area contributed by atoms with Crippen molar-refractivity contribution in [2.24, 2.45) is 0 Å². The Labute approximate surface area is 218 Å². The van der Waals surface area contributed by atoms with E-state index in [1.54, 1.807) is 6.08 Å². The van der Waals surface area contributed by atoms with Crippen LogP contribution in [0.3, 0.4) is 0 Å². The molecule has 0 heterocycles. The molecular weight excluding hydrogens is 436 g/mol. The average molecular weight is 495 g/mol. The van der Waals surface area contributed by atoms with Gasteiger partial charge in [0.2, 0.25) is 0 Å². The number of rotatable bonds is 27. The maximum atomic E-state index is 11.8. The Morgan fingerprint density at radius 3 is 1.23 bits per heavy atom. The molecular formula is C31H58O4. The monoisotopic (exact) mass is 494 g/mol. The Bertz CT molecular complexity index is 486. The summed E-state index contributed by atoms with van der Waals surface area (Å²) >= 11 is 0. The summed E-state index contributed by atoms with van der Waals surface area (Å²) in [6.45, 7) is 5.45. The van der Waals surface area contributed by atoms with Gasteiger partial charge in [-0.3, -0.25) is 4.79 Å². The van der Waals surface area contributed by atoms with E-state index in [0.29, 0.717) is 13.2 Å². The molecule has 0 aromatic heterocycles. The van der Waals surface area contributed by atoms with Gasteiger partial charge in [0.1, 0.15) is 0 Å². The number of hydrogen-bond donors (Lipinski definition) is 0. The summed E-state index contributed by atoms with van der Waals surface area (Å²) in [5.41, 5.74) is 0. The highest BCUT2D eigenvalue weighted by atomic mass is 16.5. The molecule has 0 bridgehead atoms. The van der Waals surface area contributed by atoms with E-state index in [-0.39, 0.29) is 18.4 Å². The van der Waals surface area contributed by atoms with Crippen LogP contribution in [0.4, 0.5) is 0 Å². The molecule has 0 rings (SSSR count). The van der Waals surface area contributed by atoms with E-state index in [9.17, 15) is 9.59 Å². The predicted octanol–water partition coefficient (Wildman–Crippen LogP) is 9.64. The van der Waals surface area contributed by atoms with Crippen molar-refractivity contribution in [3.8, 4) is 0 Å². The third kappa shape index (κ3) is 28.8. The molecule has 0 unspecified atom stereocenters. The smallest absolute Gasteiger partial charge is 0.330 e. The zero-order chi connectivity index (χ0) is 25.7. The van der Waals surface area contributed by atoms with Crippen LogP contribution >= 0.6 is 0 Å². The largest absolute Gasteiger partial charge is 0.465 e.